The number of aromatic nitrogens is 4. The van der Waals surface area contributed by atoms with Crippen LogP contribution in [0.15, 0.2) is 148 Å². The van der Waals surface area contributed by atoms with Crippen molar-refractivity contribution >= 4 is 226 Å². The molecule has 0 N–H and O–H groups in total. The van der Waals surface area contributed by atoms with Crippen LogP contribution in [0.3, 0.4) is 0 Å². The number of thiophene rings is 4. The smallest absolute Gasteiger partial charge is 0.122 e. The molecular weight excluding hydrogens is 1680 g/mol. The molecule has 0 spiro atoms. The van der Waals surface area contributed by atoms with E-state index in [4.69, 9.17) is 4.37 Å². The Morgan fingerprint density at radius 2 is 0.740 bits per heavy atom. The van der Waals surface area contributed by atoms with Crippen LogP contribution in [0, 0.1) is 13.8 Å². The molecule has 0 radical (unpaired) electrons. The molecule has 0 atom stereocenters. The van der Waals surface area contributed by atoms with Gasteiger partial charge in [0, 0.05) is 34.0 Å². The maximum absolute atomic E-state index is 4.71. The largest absolute Gasteiger partial charge is 0.173 e. The number of rotatable bonds is 26. The van der Waals surface area contributed by atoms with Gasteiger partial charge in [0.1, 0.15) is 30.1 Å². The van der Waals surface area contributed by atoms with Gasteiger partial charge in [0.15, 0.2) is 0 Å². The van der Waals surface area contributed by atoms with Gasteiger partial charge in [-0.3, -0.25) is 0 Å². The molecular formula is C79H103Br2N4PS6Si2Sn2. The summed E-state index contributed by atoms with van der Waals surface area (Å²) in [7, 11) is -3.79. The number of aryl methyl sites for hydroxylation is 2. The zero-order chi connectivity index (χ0) is 67.3. The van der Waals surface area contributed by atoms with Crippen molar-refractivity contribution in [3.63, 3.8) is 0 Å². The van der Waals surface area contributed by atoms with Crippen molar-refractivity contribution in [3.05, 3.63) is 159 Å². The summed E-state index contributed by atoms with van der Waals surface area (Å²) in [6.07, 6.45) is 22.2. The predicted molar refractivity (Wildman–Crippen MR) is 458 cm³/mol. The number of hydrogen-bond donors (Lipinski definition) is 0. The van der Waals surface area contributed by atoms with Crippen LogP contribution in [0.25, 0.3) is 52.0 Å². The SMILES string of the molecule is Brc1ccc(Br)c2nsnc12.C.CCCCCC[Si]1(CCCCCC)c2c[c]([Sn]([CH3])([CH3])[CH3])sc2-c2s[c]([Sn]([CH3])([CH3])[CH3])cc21.CCCCCC[Si]1(CCCCCC)c2cc(C)sc2-c2sc(-c3ccc(C)c4nsnc34)cc21.c1ccc(P(c2ccccc2)c2ccccc2)cc1. The second-order valence-corrected chi connectivity index (χ2v) is 77.0. The molecule has 0 fully saturated rings. The van der Waals surface area contributed by atoms with Gasteiger partial charge < -0.3 is 0 Å². The molecule has 8 heterocycles. The predicted octanol–water partition coefficient (Wildman–Crippen LogP) is 23.7. The van der Waals surface area contributed by atoms with Crippen molar-refractivity contribution < 1.29 is 0 Å². The molecule has 0 unspecified atom stereocenters. The molecule has 0 aliphatic carbocycles. The summed E-state index contributed by atoms with van der Waals surface area (Å²) in [6, 6.07) is 57.4. The van der Waals surface area contributed by atoms with Crippen LogP contribution >= 0.6 is 109 Å². The second kappa shape index (κ2) is 36.4. The van der Waals surface area contributed by atoms with Crippen LogP contribution in [0.1, 0.15) is 148 Å². The molecule has 11 aromatic rings. The van der Waals surface area contributed by atoms with Gasteiger partial charge in [0.05, 0.1) is 23.5 Å². The van der Waals surface area contributed by atoms with E-state index in [9.17, 15) is 0 Å². The van der Waals surface area contributed by atoms with Gasteiger partial charge >= 0.3 is 212 Å². The van der Waals surface area contributed by atoms with E-state index in [1.54, 1.807) is 29.9 Å². The van der Waals surface area contributed by atoms with E-state index >= 15 is 0 Å². The minimum Gasteiger partial charge on any atom is -0.173 e. The number of nitrogens with zero attached hydrogens (tertiary/aromatic N) is 4. The van der Waals surface area contributed by atoms with Crippen molar-refractivity contribution in [1.29, 1.82) is 0 Å². The van der Waals surface area contributed by atoms with Gasteiger partial charge in [-0.25, -0.2) is 0 Å². The minimum atomic E-state index is -2.06. The van der Waals surface area contributed by atoms with Gasteiger partial charge in [0.2, 0.25) is 0 Å². The van der Waals surface area contributed by atoms with E-state index in [1.807, 2.05) is 51.0 Å². The normalized spacial score (nSPS) is 13.3. The monoisotopic (exact) mass is 1780 g/mol. The Morgan fingerprint density at radius 1 is 0.385 bits per heavy atom. The molecule has 0 amide bonds. The van der Waals surface area contributed by atoms with Crippen LogP contribution < -0.4 is 42.4 Å². The van der Waals surface area contributed by atoms with Gasteiger partial charge in [-0.2, -0.15) is 17.5 Å². The van der Waals surface area contributed by atoms with Gasteiger partial charge in [-0.15, -0.1) is 22.7 Å². The first-order chi connectivity index (χ1) is 45.9. The van der Waals surface area contributed by atoms with Crippen LogP contribution in [0.4, 0.5) is 0 Å². The Hall–Kier alpha value is -2.04. The van der Waals surface area contributed by atoms with E-state index in [1.165, 1.54) is 187 Å². The first-order valence-electron chi connectivity index (χ1n) is 35.2. The van der Waals surface area contributed by atoms with E-state index < -0.39 is 60.8 Å². The van der Waals surface area contributed by atoms with E-state index in [2.05, 4.69) is 266 Å². The van der Waals surface area contributed by atoms with Crippen LogP contribution in [-0.2, 0) is 0 Å². The first kappa shape index (κ1) is 78.1. The zero-order valence-electron chi connectivity index (χ0n) is 58.4. The van der Waals surface area contributed by atoms with E-state index in [-0.39, 0.29) is 7.43 Å². The third-order valence-corrected chi connectivity index (χ3v) is 58.8. The van der Waals surface area contributed by atoms with Crippen molar-refractivity contribution in [3.8, 4) is 29.9 Å². The summed E-state index contributed by atoms with van der Waals surface area (Å²) in [5.41, 5.74) is 6.51. The second-order valence-electron chi connectivity index (χ2n) is 28.3. The topological polar surface area (TPSA) is 51.6 Å². The molecule has 96 heavy (non-hydrogen) atoms. The Kier molecular flexibility index (Phi) is 29.6. The van der Waals surface area contributed by atoms with Gasteiger partial charge in [-0.1, -0.05) is 176 Å². The maximum Gasteiger partial charge on any atom is 0.122 e. The Balaban J connectivity index is 0.000000160. The third-order valence-electron chi connectivity index (χ3n) is 19.1. The zero-order valence-corrected chi connectivity index (χ0v) is 75.0. The molecule has 5 aromatic carbocycles. The van der Waals surface area contributed by atoms with Crippen molar-refractivity contribution in [2.24, 2.45) is 0 Å². The standard InChI is InChI=1S/C28H36N2S3Si.C20H28S2Si.C18H15P.C6H2Br2N2S.CH4.6CH3.2Sn/c1-5-7-9-11-15-34(16-12-10-8-6-2)23-17-20(4)31-27(23)28-24(34)18-22(32-28)21-14-13-19(3)25-26(21)30-33-29-25;1-3-5-7-9-15-23(16-10-8-6-4-2)17-11-13-21-19(17)20-18(23)12-14-22-20;1-4-10-16(11-5-1)19(17-12-6-2-7-13-17)18-14-8-3-9-15-18;7-3-1-2-4(8)6-5(3)9-11-10-6;;;;;;;;;/h13-14,17-18H,5-12,15-16H2,1-4H3;11-12H,3-10,15-16H2,1-2H3;1-15H;1-2H;1H4;6*1H3;;. The van der Waals surface area contributed by atoms with Crippen molar-refractivity contribution in [2.75, 3.05) is 0 Å². The van der Waals surface area contributed by atoms with Crippen LogP contribution in [-0.4, -0.2) is 70.4 Å². The first-order valence-corrected chi connectivity index (χ1v) is 67.6. The van der Waals surface area contributed by atoms with Crippen LogP contribution in [0.5, 0.6) is 0 Å². The Labute approximate surface area is 630 Å². The molecule has 6 aromatic heterocycles. The van der Waals surface area contributed by atoms with Gasteiger partial charge in [-0.05, 0) is 122 Å². The van der Waals surface area contributed by atoms with Gasteiger partial charge in [0.25, 0.3) is 0 Å². The quantitative estimate of drug-likeness (QED) is 0.0308. The number of fused-ring (bicyclic) bond motifs is 8. The van der Waals surface area contributed by atoms with E-state index in [0.717, 1.165) is 31.0 Å². The fourth-order valence-electron chi connectivity index (χ4n) is 13.9. The fraction of sp³-hybridized carbons (Fsp3) is 0.418. The summed E-state index contributed by atoms with van der Waals surface area (Å²) >= 11 is 13.8. The van der Waals surface area contributed by atoms with Crippen molar-refractivity contribution in [2.45, 2.75) is 206 Å². The average molecular weight is 1790 g/mol. The molecule has 17 heteroatoms. The summed E-state index contributed by atoms with van der Waals surface area (Å²) in [5, 5.41) is 11.5. The molecule has 4 nitrogen and oxygen atoms in total. The Bertz CT molecular complexity index is 4010. The van der Waals surface area contributed by atoms with E-state index in [0.29, 0.717) is 0 Å². The molecule has 13 rings (SSSR count). The summed E-state index contributed by atoms with van der Waals surface area (Å²) < 4.78 is 23.2. The summed E-state index contributed by atoms with van der Waals surface area (Å²) in [5.74, 6) is 0. The molecule has 0 saturated heterocycles. The number of benzene rings is 5. The number of halogens is 2. The summed E-state index contributed by atoms with van der Waals surface area (Å²) in [4.78, 5) is 25.3. The number of hydrogen-bond acceptors (Lipinski definition) is 10. The fourth-order valence-corrected chi connectivity index (χ4v) is 48.5. The number of unbranched alkanes of at least 4 members (excludes halogenated alkanes) is 12. The molecule has 510 valence electrons. The molecule has 2 aliphatic rings. The molecule has 0 saturated carbocycles. The molecule has 2 aliphatic heterocycles. The maximum atomic E-state index is 4.71. The van der Waals surface area contributed by atoms with Crippen molar-refractivity contribution in [1.82, 2.24) is 17.5 Å². The minimum absolute atomic E-state index is 0. The van der Waals surface area contributed by atoms with Crippen LogP contribution in [0.2, 0.25) is 53.8 Å². The average Bonchev–Trinajstić information content (AvgIpc) is 1.55. The third kappa shape index (κ3) is 18.3. The Morgan fingerprint density at radius 3 is 1.14 bits per heavy atom. The molecule has 0 bridgehead atoms. The summed E-state index contributed by atoms with van der Waals surface area (Å²) in [6.45, 7) is 13.8.